The van der Waals surface area contributed by atoms with E-state index in [1.54, 1.807) is 12.1 Å². The third kappa shape index (κ3) is 4.73. The van der Waals surface area contributed by atoms with E-state index in [2.05, 4.69) is 24.5 Å². The van der Waals surface area contributed by atoms with Gasteiger partial charge < -0.3 is 10.6 Å². The van der Waals surface area contributed by atoms with E-state index in [0.717, 1.165) is 25.7 Å². The quantitative estimate of drug-likeness (QED) is 0.802. The summed E-state index contributed by atoms with van der Waals surface area (Å²) < 4.78 is 13.9. The molecule has 21 heavy (non-hydrogen) atoms. The second kappa shape index (κ2) is 6.46. The molecule has 1 amide bonds. The molecule has 0 radical (unpaired) electrons. The minimum atomic E-state index is -0.271. The summed E-state index contributed by atoms with van der Waals surface area (Å²) in [6.45, 7) is 6.05. The van der Waals surface area contributed by atoms with Crippen molar-refractivity contribution in [3.05, 3.63) is 24.0 Å². The van der Waals surface area contributed by atoms with Crippen molar-refractivity contribution in [3.8, 4) is 0 Å². The highest BCUT2D eigenvalue weighted by molar-refractivity contribution is 5.89. The summed E-state index contributed by atoms with van der Waals surface area (Å²) in [6.07, 6.45) is 5.65. The summed E-state index contributed by atoms with van der Waals surface area (Å²) in [5, 5.41) is 6.00. The number of benzene rings is 1. The molecule has 3 nitrogen and oxygen atoms in total. The smallest absolute Gasteiger partial charge is 0.221 e. The molecular weight excluding hydrogens is 267 g/mol. The van der Waals surface area contributed by atoms with Gasteiger partial charge in [0.15, 0.2) is 0 Å². The zero-order valence-corrected chi connectivity index (χ0v) is 13.1. The van der Waals surface area contributed by atoms with Crippen LogP contribution < -0.4 is 10.6 Å². The monoisotopic (exact) mass is 292 g/mol. The molecule has 1 aliphatic rings. The van der Waals surface area contributed by atoms with Gasteiger partial charge >= 0.3 is 0 Å². The van der Waals surface area contributed by atoms with Crippen molar-refractivity contribution in [2.45, 2.75) is 58.9 Å². The minimum absolute atomic E-state index is 0.149. The SMILES string of the molecule is CC(=O)Nc1ccc(F)c(NC2CCCC(C)(C)CC2)c1. The van der Waals surface area contributed by atoms with Crippen LogP contribution in [0.1, 0.15) is 52.9 Å². The maximum atomic E-state index is 13.9. The number of carbonyl (C=O) groups is 1. The second-order valence-corrected chi connectivity index (χ2v) is 6.81. The lowest BCUT2D eigenvalue weighted by molar-refractivity contribution is -0.114. The van der Waals surface area contributed by atoms with Gasteiger partial charge in [-0.15, -0.1) is 0 Å². The first-order chi connectivity index (χ1) is 9.85. The van der Waals surface area contributed by atoms with E-state index in [4.69, 9.17) is 0 Å². The topological polar surface area (TPSA) is 41.1 Å². The fraction of sp³-hybridized carbons (Fsp3) is 0.588. The maximum Gasteiger partial charge on any atom is 0.221 e. The Morgan fingerprint density at radius 2 is 2.05 bits per heavy atom. The van der Waals surface area contributed by atoms with E-state index in [1.165, 1.54) is 19.4 Å². The number of halogens is 1. The summed E-state index contributed by atoms with van der Waals surface area (Å²) >= 11 is 0. The van der Waals surface area contributed by atoms with Gasteiger partial charge in [-0.05, 0) is 49.3 Å². The molecule has 2 N–H and O–H groups in total. The van der Waals surface area contributed by atoms with Crippen molar-refractivity contribution in [2.75, 3.05) is 10.6 Å². The van der Waals surface area contributed by atoms with Gasteiger partial charge in [0, 0.05) is 18.7 Å². The summed E-state index contributed by atoms with van der Waals surface area (Å²) in [4.78, 5) is 11.1. The Balaban J connectivity index is 2.06. The molecule has 2 rings (SSSR count). The Labute approximate surface area is 126 Å². The van der Waals surface area contributed by atoms with Crippen LogP contribution in [0.15, 0.2) is 18.2 Å². The number of carbonyl (C=O) groups excluding carboxylic acids is 1. The molecule has 0 heterocycles. The highest BCUT2D eigenvalue weighted by Crippen LogP contribution is 2.35. The third-order valence-corrected chi connectivity index (χ3v) is 4.22. The van der Waals surface area contributed by atoms with Gasteiger partial charge in [0.25, 0.3) is 0 Å². The summed E-state index contributed by atoms with van der Waals surface area (Å²) in [7, 11) is 0. The first-order valence-electron chi connectivity index (χ1n) is 7.69. The molecule has 0 aliphatic heterocycles. The van der Waals surface area contributed by atoms with Gasteiger partial charge in [-0.2, -0.15) is 0 Å². The Hall–Kier alpha value is -1.58. The number of amides is 1. The normalized spacial score (nSPS) is 21.4. The van der Waals surface area contributed by atoms with E-state index in [-0.39, 0.29) is 11.7 Å². The Kier molecular flexibility index (Phi) is 4.86. The molecule has 1 fully saturated rings. The predicted octanol–water partition coefficient (Wildman–Crippen LogP) is 4.55. The lowest BCUT2D eigenvalue weighted by Crippen LogP contribution is -2.20. The summed E-state index contributed by atoms with van der Waals surface area (Å²) in [5.74, 6) is -0.420. The van der Waals surface area contributed by atoms with E-state index < -0.39 is 0 Å². The number of rotatable bonds is 3. The third-order valence-electron chi connectivity index (χ3n) is 4.22. The average Bonchev–Trinajstić information content (AvgIpc) is 2.54. The lowest BCUT2D eigenvalue weighted by Gasteiger charge is -2.22. The fourth-order valence-corrected chi connectivity index (χ4v) is 2.94. The molecule has 1 aromatic rings. The maximum absolute atomic E-state index is 13.9. The van der Waals surface area contributed by atoms with Crippen LogP contribution in [-0.4, -0.2) is 11.9 Å². The zero-order chi connectivity index (χ0) is 15.5. The predicted molar refractivity (Wildman–Crippen MR) is 85.0 cm³/mol. The Bertz CT molecular complexity index is 514. The minimum Gasteiger partial charge on any atom is -0.380 e. The second-order valence-electron chi connectivity index (χ2n) is 6.81. The first kappa shape index (κ1) is 15.8. The van der Waals surface area contributed by atoms with Crippen molar-refractivity contribution in [3.63, 3.8) is 0 Å². The molecule has 0 bridgehead atoms. The zero-order valence-electron chi connectivity index (χ0n) is 13.1. The largest absolute Gasteiger partial charge is 0.380 e. The Morgan fingerprint density at radius 1 is 1.29 bits per heavy atom. The molecule has 1 atom stereocenters. The number of anilines is 2. The van der Waals surface area contributed by atoms with Gasteiger partial charge in [-0.3, -0.25) is 4.79 Å². The van der Waals surface area contributed by atoms with Gasteiger partial charge in [0.1, 0.15) is 5.82 Å². The van der Waals surface area contributed by atoms with Crippen LogP contribution in [0.4, 0.5) is 15.8 Å². The van der Waals surface area contributed by atoms with Crippen LogP contribution in [0.2, 0.25) is 0 Å². The molecule has 116 valence electrons. The number of hydrogen-bond donors (Lipinski definition) is 2. The van der Waals surface area contributed by atoms with Crippen LogP contribution in [0.25, 0.3) is 0 Å². The molecule has 0 spiro atoms. The van der Waals surface area contributed by atoms with Crippen LogP contribution in [0.3, 0.4) is 0 Å². The van der Waals surface area contributed by atoms with Crippen molar-refractivity contribution < 1.29 is 9.18 Å². The number of hydrogen-bond acceptors (Lipinski definition) is 2. The Morgan fingerprint density at radius 3 is 2.76 bits per heavy atom. The summed E-state index contributed by atoms with van der Waals surface area (Å²) in [5.41, 5.74) is 1.49. The van der Waals surface area contributed by atoms with Crippen molar-refractivity contribution >= 4 is 17.3 Å². The van der Waals surface area contributed by atoms with Gasteiger partial charge in [-0.25, -0.2) is 4.39 Å². The highest BCUT2D eigenvalue weighted by Gasteiger charge is 2.24. The lowest BCUT2D eigenvalue weighted by atomic mass is 9.85. The van der Waals surface area contributed by atoms with Gasteiger partial charge in [-0.1, -0.05) is 20.3 Å². The standard InChI is InChI=1S/C17H25FN2O/c1-12(21)19-14-6-7-15(18)16(11-14)20-13-5-4-9-17(2,3)10-8-13/h6-7,11,13,20H,4-5,8-10H2,1-3H3,(H,19,21). The molecule has 1 aromatic carbocycles. The molecule has 1 unspecified atom stereocenters. The van der Waals surface area contributed by atoms with Crippen LogP contribution in [-0.2, 0) is 4.79 Å². The molecule has 0 aromatic heterocycles. The van der Waals surface area contributed by atoms with E-state index >= 15 is 0 Å². The van der Waals surface area contributed by atoms with Crippen molar-refractivity contribution in [1.29, 1.82) is 0 Å². The average molecular weight is 292 g/mol. The van der Waals surface area contributed by atoms with Crippen molar-refractivity contribution in [1.82, 2.24) is 0 Å². The molecule has 4 heteroatoms. The van der Waals surface area contributed by atoms with E-state index in [1.807, 2.05) is 0 Å². The fourth-order valence-electron chi connectivity index (χ4n) is 2.94. The first-order valence-corrected chi connectivity index (χ1v) is 7.69. The highest BCUT2D eigenvalue weighted by atomic mass is 19.1. The van der Waals surface area contributed by atoms with E-state index in [9.17, 15) is 9.18 Å². The van der Waals surface area contributed by atoms with Crippen LogP contribution >= 0.6 is 0 Å². The molecular formula is C17H25FN2O. The summed E-state index contributed by atoms with van der Waals surface area (Å²) in [6, 6.07) is 4.95. The van der Waals surface area contributed by atoms with Crippen LogP contribution in [0.5, 0.6) is 0 Å². The van der Waals surface area contributed by atoms with E-state index in [0.29, 0.717) is 22.8 Å². The van der Waals surface area contributed by atoms with Gasteiger partial charge in [0.05, 0.1) is 5.69 Å². The van der Waals surface area contributed by atoms with Crippen molar-refractivity contribution in [2.24, 2.45) is 5.41 Å². The van der Waals surface area contributed by atoms with Crippen LogP contribution in [0, 0.1) is 11.2 Å². The molecule has 0 saturated heterocycles. The molecule has 1 aliphatic carbocycles. The molecule has 1 saturated carbocycles. The number of nitrogens with one attached hydrogen (secondary N) is 2. The van der Waals surface area contributed by atoms with Gasteiger partial charge in [0.2, 0.25) is 5.91 Å².